The maximum Gasteiger partial charge on any atom is 0.275 e. The van der Waals surface area contributed by atoms with Gasteiger partial charge in [-0.05, 0) is 36.8 Å². The van der Waals surface area contributed by atoms with E-state index in [1.165, 1.54) is 4.68 Å². The van der Waals surface area contributed by atoms with Gasteiger partial charge in [-0.1, -0.05) is 36.4 Å². The monoisotopic (exact) mass is 414 g/mol. The second-order valence-electron chi connectivity index (χ2n) is 7.16. The summed E-state index contributed by atoms with van der Waals surface area (Å²) in [7, 11) is 0. The molecular weight excluding hydrogens is 392 g/mol. The predicted molar refractivity (Wildman–Crippen MR) is 118 cm³/mol. The van der Waals surface area contributed by atoms with Crippen LogP contribution >= 0.6 is 0 Å². The van der Waals surface area contributed by atoms with E-state index in [0.29, 0.717) is 24.2 Å². The molecule has 0 aliphatic carbocycles. The number of pyridine rings is 1. The van der Waals surface area contributed by atoms with Gasteiger partial charge in [0.05, 0.1) is 11.1 Å². The van der Waals surface area contributed by atoms with Gasteiger partial charge >= 0.3 is 0 Å². The van der Waals surface area contributed by atoms with Crippen LogP contribution in [0.25, 0.3) is 10.8 Å². The number of benzene rings is 2. The van der Waals surface area contributed by atoms with Crippen LogP contribution in [0, 0.1) is 6.92 Å². The fourth-order valence-electron chi connectivity index (χ4n) is 3.26. The largest absolute Gasteiger partial charge is 0.489 e. The number of hydrogen-bond acceptors (Lipinski definition) is 5. The lowest BCUT2D eigenvalue weighted by Crippen LogP contribution is -2.33. The minimum absolute atomic E-state index is 0.128. The molecule has 2 aromatic heterocycles. The molecule has 7 nitrogen and oxygen atoms in total. The van der Waals surface area contributed by atoms with Gasteiger partial charge in [0.1, 0.15) is 18.9 Å². The fraction of sp³-hybridized carbons (Fsp3) is 0.167. The number of fused-ring (bicyclic) bond motifs is 1. The average molecular weight is 414 g/mol. The highest BCUT2D eigenvalue weighted by molar-refractivity contribution is 5.83. The lowest BCUT2D eigenvalue weighted by Gasteiger charge is -2.10. The van der Waals surface area contributed by atoms with E-state index in [2.05, 4.69) is 15.4 Å². The third-order valence-electron chi connectivity index (χ3n) is 4.89. The summed E-state index contributed by atoms with van der Waals surface area (Å²) in [6.07, 6.45) is 3.49. The van der Waals surface area contributed by atoms with Gasteiger partial charge in [0.2, 0.25) is 5.91 Å². The van der Waals surface area contributed by atoms with E-state index >= 15 is 0 Å². The normalized spacial score (nSPS) is 10.7. The highest BCUT2D eigenvalue weighted by Gasteiger charge is 2.10. The summed E-state index contributed by atoms with van der Waals surface area (Å²) in [6, 6.07) is 18.6. The molecule has 4 aromatic rings. The summed E-state index contributed by atoms with van der Waals surface area (Å²) in [5.41, 5.74) is 2.36. The fourth-order valence-corrected chi connectivity index (χ4v) is 3.26. The Kier molecular flexibility index (Phi) is 6.03. The van der Waals surface area contributed by atoms with Crippen molar-refractivity contribution in [3.63, 3.8) is 0 Å². The standard InChI is InChI=1S/C24H22N4O3/c1-17-21-6-2-3-7-22(21)24(30)28(27-17)15-23(29)26-14-18-8-10-20(11-9-18)31-16-19-5-4-12-25-13-19/h2-13H,14-16H2,1H3,(H,26,29). The van der Waals surface area contributed by atoms with Gasteiger partial charge in [-0.2, -0.15) is 5.10 Å². The molecular formula is C24H22N4O3. The highest BCUT2D eigenvalue weighted by Crippen LogP contribution is 2.14. The second kappa shape index (κ2) is 9.21. The van der Waals surface area contributed by atoms with Crippen LogP contribution < -0.4 is 15.6 Å². The van der Waals surface area contributed by atoms with Gasteiger partial charge in [-0.3, -0.25) is 14.6 Å². The smallest absolute Gasteiger partial charge is 0.275 e. The van der Waals surface area contributed by atoms with E-state index in [1.807, 2.05) is 55.5 Å². The van der Waals surface area contributed by atoms with Crippen molar-refractivity contribution in [3.05, 3.63) is 100 Å². The number of aromatic nitrogens is 3. The first-order chi connectivity index (χ1) is 15.1. The molecule has 156 valence electrons. The molecule has 31 heavy (non-hydrogen) atoms. The Morgan fingerprint density at radius 2 is 1.77 bits per heavy atom. The summed E-state index contributed by atoms with van der Waals surface area (Å²) in [6.45, 7) is 2.49. The van der Waals surface area contributed by atoms with E-state index in [-0.39, 0.29) is 18.0 Å². The summed E-state index contributed by atoms with van der Waals surface area (Å²) in [4.78, 5) is 29.0. The molecule has 0 bridgehead atoms. The first-order valence-corrected chi connectivity index (χ1v) is 9.94. The molecule has 1 N–H and O–H groups in total. The zero-order valence-corrected chi connectivity index (χ0v) is 17.1. The Balaban J connectivity index is 1.33. The molecule has 0 fully saturated rings. The van der Waals surface area contributed by atoms with Crippen LogP contribution in [0.3, 0.4) is 0 Å². The average Bonchev–Trinajstić information content (AvgIpc) is 2.81. The summed E-state index contributed by atoms with van der Waals surface area (Å²) in [5.74, 6) is 0.461. The molecule has 0 aliphatic rings. The molecule has 0 saturated heterocycles. The van der Waals surface area contributed by atoms with Crippen molar-refractivity contribution in [1.82, 2.24) is 20.1 Å². The zero-order chi connectivity index (χ0) is 21.6. The molecule has 4 rings (SSSR count). The Hall–Kier alpha value is -4.00. The number of nitrogens with one attached hydrogen (secondary N) is 1. The van der Waals surface area contributed by atoms with Crippen LogP contribution in [-0.4, -0.2) is 20.7 Å². The van der Waals surface area contributed by atoms with Crippen molar-refractivity contribution < 1.29 is 9.53 Å². The summed E-state index contributed by atoms with van der Waals surface area (Å²) < 4.78 is 6.95. The molecule has 1 amide bonds. The van der Waals surface area contributed by atoms with E-state index in [1.54, 1.807) is 24.5 Å². The summed E-state index contributed by atoms with van der Waals surface area (Å²) in [5, 5.41) is 8.47. The van der Waals surface area contributed by atoms with Gasteiger partial charge in [0.15, 0.2) is 0 Å². The first-order valence-electron chi connectivity index (χ1n) is 9.94. The molecule has 0 atom stereocenters. The quantitative estimate of drug-likeness (QED) is 0.502. The van der Waals surface area contributed by atoms with Crippen LogP contribution in [-0.2, 0) is 24.5 Å². The SMILES string of the molecule is Cc1nn(CC(=O)NCc2ccc(OCc3cccnc3)cc2)c(=O)c2ccccc12. The third-order valence-corrected chi connectivity index (χ3v) is 4.89. The summed E-state index contributed by atoms with van der Waals surface area (Å²) >= 11 is 0. The molecule has 0 spiro atoms. The number of hydrogen-bond donors (Lipinski definition) is 1. The Morgan fingerprint density at radius 1 is 1.00 bits per heavy atom. The van der Waals surface area contributed by atoms with Crippen molar-refractivity contribution in [2.45, 2.75) is 26.6 Å². The van der Waals surface area contributed by atoms with Crippen LogP contribution in [0.2, 0.25) is 0 Å². The lowest BCUT2D eigenvalue weighted by atomic mass is 10.1. The predicted octanol–water partition coefficient (Wildman–Crippen LogP) is 3.00. The van der Waals surface area contributed by atoms with Gasteiger partial charge in [0.25, 0.3) is 5.56 Å². The zero-order valence-electron chi connectivity index (χ0n) is 17.1. The van der Waals surface area contributed by atoms with Crippen molar-refractivity contribution in [1.29, 1.82) is 0 Å². The number of carbonyl (C=O) groups excluding carboxylic acids is 1. The highest BCUT2D eigenvalue weighted by atomic mass is 16.5. The number of amides is 1. The molecule has 0 radical (unpaired) electrons. The first kappa shape index (κ1) is 20.3. The molecule has 2 aromatic carbocycles. The molecule has 0 saturated carbocycles. The number of aryl methyl sites for hydroxylation is 1. The van der Waals surface area contributed by atoms with Gasteiger partial charge in [-0.15, -0.1) is 0 Å². The topological polar surface area (TPSA) is 86.1 Å². The molecule has 7 heteroatoms. The van der Waals surface area contributed by atoms with Gasteiger partial charge < -0.3 is 10.1 Å². The van der Waals surface area contributed by atoms with E-state index in [9.17, 15) is 9.59 Å². The number of ether oxygens (including phenoxy) is 1. The Labute approximate surface area is 179 Å². The van der Waals surface area contributed by atoms with E-state index in [4.69, 9.17) is 4.74 Å². The number of nitrogens with zero attached hydrogens (tertiary/aromatic N) is 3. The van der Waals surface area contributed by atoms with Crippen molar-refractivity contribution in [2.24, 2.45) is 0 Å². The van der Waals surface area contributed by atoms with Gasteiger partial charge in [-0.25, -0.2) is 4.68 Å². The lowest BCUT2D eigenvalue weighted by molar-refractivity contribution is -0.122. The Bertz CT molecular complexity index is 1250. The maximum absolute atomic E-state index is 12.6. The van der Waals surface area contributed by atoms with Crippen LogP contribution in [0.1, 0.15) is 16.8 Å². The number of rotatable bonds is 7. The Morgan fingerprint density at radius 3 is 2.52 bits per heavy atom. The minimum atomic E-state index is -0.277. The van der Waals surface area contributed by atoms with E-state index < -0.39 is 0 Å². The van der Waals surface area contributed by atoms with Crippen LogP contribution in [0.4, 0.5) is 0 Å². The minimum Gasteiger partial charge on any atom is -0.489 e. The number of carbonyl (C=O) groups is 1. The van der Waals surface area contributed by atoms with Crippen molar-refractivity contribution in [3.8, 4) is 5.75 Å². The van der Waals surface area contributed by atoms with Crippen molar-refractivity contribution >= 4 is 16.7 Å². The maximum atomic E-state index is 12.6. The third kappa shape index (κ3) is 4.95. The molecule has 0 aliphatic heterocycles. The molecule has 2 heterocycles. The van der Waals surface area contributed by atoms with Crippen molar-refractivity contribution in [2.75, 3.05) is 0 Å². The van der Waals surface area contributed by atoms with Gasteiger partial charge in [0, 0.05) is 29.9 Å². The van der Waals surface area contributed by atoms with E-state index in [0.717, 1.165) is 22.3 Å². The van der Waals surface area contributed by atoms with Crippen LogP contribution in [0.15, 0.2) is 77.9 Å². The molecule has 0 unspecified atom stereocenters. The second-order valence-corrected chi connectivity index (χ2v) is 7.16. The van der Waals surface area contributed by atoms with Crippen LogP contribution in [0.5, 0.6) is 5.75 Å².